The molecule has 164 valence electrons. The molecule has 0 aliphatic heterocycles. The van der Waals surface area contributed by atoms with Gasteiger partial charge in [0.25, 0.3) is 0 Å². The first-order valence-electron chi connectivity index (χ1n) is 12.0. The van der Waals surface area contributed by atoms with Crippen LogP contribution in [0.5, 0.6) is 0 Å². The topological polar surface area (TPSA) is 22.2 Å². The SMILES string of the molecule is c1ccc(-n2c3ccc(-c4cccc5c4Cc4ccccc4-5)cc3n3c4ccccc4nc23)cc1. The van der Waals surface area contributed by atoms with Crippen LogP contribution in [0.4, 0.5) is 0 Å². The van der Waals surface area contributed by atoms with E-state index in [0.29, 0.717) is 0 Å². The third kappa shape index (κ3) is 2.58. The molecule has 35 heavy (non-hydrogen) atoms. The second kappa shape index (κ2) is 6.94. The van der Waals surface area contributed by atoms with Crippen molar-refractivity contribution >= 4 is 27.8 Å². The van der Waals surface area contributed by atoms with Crippen molar-refractivity contribution in [2.24, 2.45) is 0 Å². The van der Waals surface area contributed by atoms with Gasteiger partial charge in [-0.1, -0.05) is 78.9 Å². The number of nitrogens with zero attached hydrogens (tertiary/aromatic N) is 3. The minimum absolute atomic E-state index is 0.940. The predicted octanol–water partition coefficient (Wildman–Crippen LogP) is 7.67. The van der Waals surface area contributed by atoms with Crippen molar-refractivity contribution in [1.82, 2.24) is 14.0 Å². The van der Waals surface area contributed by atoms with Crippen LogP contribution in [0.3, 0.4) is 0 Å². The van der Waals surface area contributed by atoms with E-state index in [4.69, 9.17) is 4.98 Å². The number of imidazole rings is 2. The van der Waals surface area contributed by atoms with Gasteiger partial charge in [0.05, 0.1) is 22.1 Å². The molecule has 2 heterocycles. The lowest BCUT2D eigenvalue weighted by molar-refractivity contribution is 1.11. The number of para-hydroxylation sites is 3. The first-order valence-corrected chi connectivity index (χ1v) is 12.0. The van der Waals surface area contributed by atoms with Crippen molar-refractivity contribution in [1.29, 1.82) is 0 Å². The molecule has 7 aromatic rings. The molecule has 0 fully saturated rings. The second-order valence-corrected chi connectivity index (χ2v) is 9.28. The number of rotatable bonds is 2. The van der Waals surface area contributed by atoms with Crippen LogP contribution in [-0.4, -0.2) is 14.0 Å². The van der Waals surface area contributed by atoms with Gasteiger partial charge in [-0.3, -0.25) is 8.97 Å². The molecule has 3 heteroatoms. The Bertz CT molecular complexity index is 1920. The summed E-state index contributed by atoms with van der Waals surface area (Å²) in [4.78, 5) is 5.04. The molecule has 0 bridgehead atoms. The van der Waals surface area contributed by atoms with Crippen molar-refractivity contribution in [3.05, 3.63) is 126 Å². The summed E-state index contributed by atoms with van der Waals surface area (Å²) in [5.41, 5.74) is 13.7. The van der Waals surface area contributed by atoms with Crippen molar-refractivity contribution in [2.75, 3.05) is 0 Å². The Morgan fingerprint density at radius 1 is 0.571 bits per heavy atom. The highest BCUT2D eigenvalue weighted by molar-refractivity contribution is 5.95. The van der Waals surface area contributed by atoms with Gasteiger partial charge >= 0.3 is 0 Å². The fourth-order valence-electron chi connectivity index (χ4n) is 5.83. The molecule has 2 aromatic heterocycles. The molecule has 1 aliphatic carbocycles. The van der Waals surface area contributed by atoms with Gasteiger partial charge in [-0.05, 0) is 76.2 Å². The summed E-state index contributed by atoms with van der Waals surface area (Å²) in [7, 11) is 0. The van der Waals surface area contributed by atoms with Gasteiger partial charge in [0, 0.05) is 5.69 Å². The molecule has 0 atom stereocenters. The van der Waals surface area contributed by atoms with Crippen molar-refractivity contribution in [3.63, 3.8) is 0 Å². The summed E-state index contributed by atoms with van der Waals surface area (Å²) in [6.45, 7) is 0. The normalized spacial score (nSPS) is 12.5. The number of hydrogen-bond acceptors (Lipinski definition) is 1. The number of hydrogen-bond donors (Lipinski definition) is 0. The Balaban J connectivity index is 1.43. The Hall–Kier alpha value is -4.63. The Morgan fingerprint density at radius 3 is 2.29 bits per heavy atom. The second-order valence-electron chi connectivity index (χ2n) is 9.28. The smallest absolute Gasteiger partial charge is 0.220 e. The van der Waals surface area contributed by atoms with E-state index in [-0.39, 0.29) is 0 Å². The molecular formula is C32H21N3. The van der Waals surface area contributed by atoms with Gasteiger partial charge < -0.3 is 0 Å². The van der Waals surface area contributed by atoms with Crippen molar-refractivity contribution in [3.8, 4) is 27.9 Å². The first-order chi connectivity index (χ1) is 17.4. The van der Waals surface area contributed by atoms with Gasteiger partial charge in [-0.25, -0.2) is 4.98 Å². The fourth-order valence-corrected chi connectivity index (χ4v) is 5.83. The van der Waals surface area contributed by atoms with Crippen molar-refractivity contribution < 1.29 is 0 Å². The summed E-state index contributed by atoms with van der Waals surface area (Å²) in [6.07, 6.45) is 0.980. The lowest BCUT2D eigenvalue weighted by Gasteiger charge is -2.10. The van der Waals surface area contributed by atoms with E-state index in [1.165, 1.54) is 38.9 Å². The highest BCUT2D eigenvalue weighted by Crippen LogP contribution is 2.42. The Kier molecular flexibility index (Phi) is 3.72. The van der Waals surface area contributed by atoms with Crippen LogP contribution in [0.25, 0.3) is 55.8 Å². The third-order valence-corrected chi connectivity index (χ3v) is 7.38. The molecule has 0 N–H and O–H groups in total. The lowest BCUT2D eigenvalue weighted by Crippen LogP contribution is -1.94. The minimum Gasteiger partial charge on any atom is -0.278 e. The van der Waals surface area contributed by atoms with Crippen LogP contribution in [0.2, 0.25) is 0 Å². The van der Waals surface area contributed by atoms with Crippen LogP contribution in [-0.2, 0) is 6.42 Å². The van der Waals surface area contributed by atoms with E-state index in [1.807, 2.05) is 0 Å². The quantitative estimate of drug-likeness (QED) is 0.266. The van der Waals surface area contributed by atoms with Crippen LogP contribution >= 0.6 is 0 Å². The van der Waals surface area contributed by atoms with E-state index in [9.17, 15) is 0 Å². The van der Waals surface area contributed by atoms with E-state index in [2.05, 4.69) is 124 Å². The molecule has 0 unspecified atom stereocenters. The van der Waals surface area contributed by atoms with E-state index in [1.54, 1.807) is 0 Å². The maximum atomic E-state index is 5.04. The zero-order chi connectivity index (χ0) is 22.9. The molecule has 0 spiro atoms. The summed E-state index contributed by atoms with van der Waals surface area (Å²) in [5, 5.41) is 0. The summed E-state index contributed by atoms with van der Waals surface area (Å²) in [5.74, 6) is 0.940. The minimum atomic E-state index is 0.940. The summed E-state index contributed by atoms with van der Waals surface area (Å²) >= 11 is 0. The Morgan fingerprint density at radius 2 is 1.34 bits per heavy atom. The highest BCUT2D eigenvalue weighted by Gasteiger charge is 2.22. The van der Waals surface area contributed by atoms with Gasteiger partial charge in [0.2, 0.25) is 5.78 Å². The van der Waals surface area contributed by atoms with Gasteiger partial charge in [-0.15, -0.1) is 0 Å². The zero-order valence-corrected chi connectivity index (χ0v) is 19.0. The average Bonchev–Trinajstić information content (AvgIpc) is 3.57. The third-order valence-electron chi connectivity index (χ3n) is 7.38. The molecular weight excluding hydrogens is 426 g/mol. The molecule has 1 aliphatic rings. The van der Waals surface area contributed by atoms with Gasteiger partial charge in [-0.2, -0.15) is 0 Å². The number of aromatic nitrogens is 3. The van der Waals surface area contributed by atoms with Crippen molar-refractivity contribution in [2.45, 2.75) is 6.42 Å². The Labute approximate surface area is 202 Å². The first kappa shape index (κ1) is 18.8. The van der Waals surface area contributed by atoms with Gasteiger partial charge in [0.1, 0.15) is 0 Å². The number of fused-ring (bicyclic) bond motifs is 8. The van der Waals surface area contributed by atoms with Crippen LogP contribution in [0.1, 0.15) is 11.1 Å². The predicted molar refractivity (Wildman–Crippen MR) is 143 cm³/mol. The average molecular weight is 448 g/mol. The van der Waals surface area contributed by atoms with E-state index >= 15 is 0 Å². The molecule has 0 saturated carbocycles. The maximum absolute atomic E-state index is 5.04. The number of benzene rings is 5. The van der Waals surface area contributed by atoms with Crippen LogP contribution < -0.4 is 0 Å². The standard InChI is InChI=1S/C32H21N3/c1-2-10-23(11-3-1)34-30-18-17-22(20-31(30)35-29-16-7-6-15-28(29)33-32(34)35)25-13-8-14-26-24-12-5-4-9-21(24)19-27(25)26/h1-18,20H,19H2. The molecule has 3 nitrogen and oxygen atoms in total. The van der Waals surface area contributed by atoms with E-state index in [0.717, 1.165) is 34.4 Å². The van der Waals surface area contributed by atoms with Gasteiger partial charge in [0.15, 0.2) is 0 Å². The van der Waals surface area contributed by atoms with Crippen LogP contribution in [0.15, 0.2) is 115 Å². The maximum Gasteiger partial charge on any atom is 0.220 e. The largest absolute Gasteiger partial charge is 0.278 e. The van der Waals surface area contributed by atoms with E-state index < -0.39 is 0 Å². The lowest BCUT2D eigenvalue weighted by atomic mass is 9.95. The highest BCUT2D eigenvalue weighted by atomic mass is 15.2. The molecule has 8 rings (SSSR count). The summed E-state index contributed by atoms with van der Waals surface area (Å²) < 4.78 is 4.57. The molecule has 0 radical (unpaired) electrons. The zero-order valence-electron chi connectivity index (χ0n) is 19.0. The fraction of sp³-hybridized carbons (Fsp3) is 0.0312. The van der Waals surface area contributed by atoms with Crippen LogP contribution in [0, 0.1) is 0 Å². The molecule has 5 aromatic carbocycles. The molecule has 0 amide bonds. The monoisotopic (exact) mass is 447 g/mol. The molecule has 0 saturated heterocycles. The summed E-state index contributed by atoms with van der Waals surface area (Å²) in [6, 6.07) is 41.3.